The summed E-state index contributed by atoms with van der Waals surface area (Å²) in [5.74, 6) is 5.22. The first-order valence-electron chi connectivity index (χ1n) is 15.7. The summed E-state index contributed by atoms with van der Waals surface area (Å²) in [6, 6.07) is 0. The maximum Gasteiger partial charge on any atom is 2.00 e. The Labute approximate surface area is 295 Å². The van der Waals surface area contributed by atoms with E-state index in [0.717, 1.165) is 28.0 Å². The number of ketones is 1. The smallest absolute Gasteiger partial charge is 0.664 e. The maximum atomic E-state index is 14.1. The minimum absolute atomic E-state index is 0. The molecule has 4 aliphatic rings. The van der Waals surface area contributed by atoms with E-state index in [1.807, 2.05) is 32.9 Å². The Morgan fingerprint density at radius 3 is 2.33 bits per heavy atom. The average molecular weight is 661 g/mol. The minimum Gasteiger partial charge on any atom is -0.664 e. The number of carbonyl (C=O) groups excluding carboxylic acids is 3. The quantitative estimate of drug-likeness (QED) is 0.255. The second kappa shape index (κ2) is 13.5. The number of allylic oxidation sites excluding steroid dienone is 3. The number of methoxy groups -OCH3 is 2. The molecule has 8 bridgehead atoms. The van der Waals surface area contributed by atoms with Gasteiger partial charge in [-0.1, -0.05) is 42.4 Å². The maximum absolute atomic E-state index is 14.1. The molecule has 1 unspecified atom stereocenters. The molecule has 0 spiro atoms. The Morgan fingerprint density at radius 1 is 1.02 bits per heavy atom. The summed E-state index contributed by atoms with van der Waals surface area (Å²) in [6.07, 6.45) is 8.27. The van der Waals surface area contributed by atoms with Crippen molar-refractivity contribution in [2.45, 2.75) is 47.0 Å². The van der Waals surface area contributed by atoms with E-state index in [1.165, 1.54) is 14.2 Å². The summed E-state index contributed by atoms with van der Waals surface area (Å²) < 4.78 is 10.1. The van der Waals surface area contributed by atoms with Crippen LogP contribution in [-0.4, -0.2) is 66.7 Å². The third-order valence-electron chi connectivity index (χ3n) is 9.97. The molecule has 3 aliphatic heterocycles. The predicted octanol–water partition coefficient (Wildman–Crippen LogP) is 4.07. The molecule has 2 aromatic heterocycles. The van der Waals surface area contributed by atoms with Crippen molar-refractivity contribution in [1.82, 2.24) is 9.97 Å². The summed E-state index contributed by atoms with van der Waals surface area (Å²) in [4.78, 5) is 49.6. The van der Waals surface area contributed by atoms with Crippen molar-refractivity contribution in [3.63, 3.8) is 0 Å². The fourth-order valence-electron chi connectivity index (χ4n) is 7.43. The molecule has 0 radical (unpaired) electrons. The van der Waals surface area contributed by atoms with Gasteiger partial charge in [0, 0.05) is 29.7 Å². The number of esters is 2. The van der Waals surface area contributed by atoms with Gasteiger partial charge in [0.1, 0.15) is 17.3 Å². The van der Waals surface area contributed by atoms with Crippen LogP contribution in [0, 0.1) is 31.6 Å². The van der Waals surface area contributed by atoms with Crippen LogP contribution in [0.2, 0.25) is 0 Å². The van der Waals surface area contributed by atoms with Gasteiger partial charge in [0.2, 0.25) is 0 Å². The largest absolute Gasteiger partial charge is 2.00 e. The first kappa shape index (κ1) is 35.4. The van der Waals surface area contributed by atoms with Crippen molar-refractivity contribution in [2.24, 2.45) is 17.8 Å². The van der Waals surface area contributed by atoms with Gasteiger partial charge in [-0.25, -0.2) is 0 Å². The number of nitrogens with one attached hydrogen (secondary N) is 2. The van der Waals surface area contributed by atoms with E-state index in [2.05, 4.69) is 6.58 Å². The third kappa shape index (κ3) is 5.36. The molecule has 2 aromatic rings. The normalized spacial score (nSPS) is 27.3. The Bertz CT molecular complexity index is 1900. The fraction of sp³-hybridized carbons (Fsp3) is 0.361. The standard InChI is InChI=1S/C36H39N5O6.Mg/c1-8-19-16(3)23-12-25-22(15-42)21(10-11-29(43)46-6)33(40-25)31-32(36(45)47-7)35(44)30-18(5)24(39-34(30)31)13-28-20(9-2)17(4)27(41(28)37)14-26(19)38-23;/h8,12-14,21-22,32,37,41-42H,1,9-11,15H2,2-7H3,(H-,39,40,44);/q-2;+2/p-1/b25-12-,27-14-,28-13-;/t21-,22-,32+;/m0./s1. The second-order valence-corrected chi connectivity index (χ2v) is 12.2. The van der Waals surface area contributed by atoms with Crippen molar-refractivity contribution in [2.75, 3.05) is 20.8 Å². The van der Waals surface area contributed by atoms with Crippen LogP contribution in [0.5, 0.6) is 0 Å². The van der Waals surface area contributed by atoms with Crippen molar-refractivity contribution < 1.29 is 34.0 Å². The van der Waals surface area contributed by atoms with E-state index in [1.54, 1.807) is 19.1 Å². The van der Waals surface area contributed by atoms with Gasteiger partial charge in [-0.05, 0) is 63.2 Å². The Balaban J connectivity index is 0.00000451. The van der Waals surface area contributed by atoms with Gasteiger partial charge in [0.25, 0.3) is 0 Å². The molecule has 0 amide bonds. The number of rotatable bonds is 7. The number of hydrogen-bond acceptors (Lipinski definition) is 6. The number of nitrogens with zero attached hydrogens (tertiary/aromatic N) is 3. The van der Waals surface area contributed by atoms with Gasteiger partial charge >= 0.3 is 35.0 Å². The third-order valence-corrected chi connectivity index (χ3v) is 9.97. The zero-order valence-corrected chi connectivity index (χ0v) is 29.5. The Kier molecular flexibility index (Phi) is 9.96. The number of ether oxygens (including phenoxy) is 2. The zero-order valence-electron chi connectivity index (χ0n) is 28.1. The second-order valence-electron chi connectivity index (χ2n) is 12.2. The number of aliphatic hydroxyl groups is 1. The summed E-state index contributed by atoms with van der Waals surface area (Å²) in [6.45, 7) is 11.5. The van der Waals surface area contributed by atoms with Crippen molar-refractivity contribution in [3.8, 4) is 0 Å². The van der Waals surface area contributed by atoms with Crippen molar-refractivity contribution in [3.05, 3.63) is 96.7 Å². The number of Topliss-reactive ketones (excluding diaryl/α,β-unsaturated/α-hetero) is 1. The number of hydrogen-bond donors (Lipinski definition) is 2. The molecule has 48 heavy (non-hydrogen) atoms. The first-order valence-corrected chi connectivity index (χ1v) is 15.7. The topological polar surface area (TPSA) is 160 Å². The van der Waals surface area contributed by atoms with Gasteiger partial charge < -0.3 is 40.7 Å². The summed E-state index contributed by atoms with van der Waals surface area (Å²) in [5.41, 5.74) is 9.34. The molecule has 6 rings (SSSR count). The Morgan fingerprint density at radius 2 is 1.71 bits per heavy atom. The van der Waals surface area contributed by atoms with Crippen molar-refractivity contribution in [1.29, 1.82) is 0 Å². The van der Waals surface area contributed by atoms with Crippen LogP contribution in [0.3, 0.4) is 0 Å². The predicted molar refractivity (Wildman–Crippen MR) is 182 cm³/mol. The molecule has 11 nitrogen and oxygen atoms in total. The van der Waals surface area contributed by atoms with E-state index in [-0.39, 0.29) is 42.5 Å². The molecule has 1 aliphatic carbocycles. The van der Waals surface area contributed by atoms with Crippen LogP contribution in [0.4, 0.5) is 0 Å². The van der Waals surface area contributed by atoms with E-state index >= 15 is 0 Å². The molecule has 1 saturated heterocycles. The number of aliphatic hydroxyl groups excluding tert-OH is 1. The van der Waals surface area contributed by atoms with Crippen LogP contribution in [0.25, 0.3) is 41.0 Å². The average Bonchev–Trinajstić information content (AvgIpc) is 3.79. The summed E-state index contributed by atoms with van der Waals surface area (Å²) in [7, 11) is 2.54. The molecule has 4 atom stereocenters. The molecule has 0 aromatic carbocycles. The minimum atomic E-state index is -1.31. The van der Waals surface area contributed by atoms with E-state index in [0.29, 0.717) is 68.0 Å². The summed E-state index contributed by atoms with van der Waals surface area (Å²) >= 11 is 0. The first-order chi connectivity index (χ1) is 22.5. The molecule has 12 heteroatoms. The van der Waals surface area contributed by atoms with Gasteiger partial charge in [-0.15, -0.1) is 22.8 Å². The van der Waals surface area contributed by atoms with Gasteiger partial charge in [0.05, 0.1) is 14.2 Å². The fourth-order valence-corrected chi connectivity index (χ4v) is 7.43. The van der Waals surface area contributed by atoms with Gasteiger partial charge in [-0.2, -0.15) is 11.4 Å². The number of carbonyl (C=O) groups is 3. The van der Waals surface area contributed by atoms with Gasteiger partial charge in [0.15, 0.2) is 5.78 Å². The number of fused-ring (bicyclic) bond motifs is 7. The summed E-state index contributed by atoms with van der Waals surface area (Å²) in [5, 5.41) is 16.1. The Hall–Kier alpha value is -3.94. The molecule has 5 heterocycles. The molecule has 1 fully saturated rings. The molecule has 246 valence electrons. The van der Waals surface area contributed by atoms with Crippen LogP contribution in [0.1, 0.15) is 82.9 Å². The SMILES string of the molecule is C=Cc1c2[n-]c(c1C)/C=C1\[N-]/C(=C3\c4[n-]c(c(C)c4C(=O)[C@@H]3C(=O)OC)/C=C3/C(CC)=C(C)/C(=C/2)[NH+]3[NH-])[C@@H](CCC(=O)OC)[C@@H]1CO.[Mg+2]. The monoisotopic (exact) mass is 660 g/mol. The van der Waals surface area contributed by atoms with Crippen LogP contribution < -0.4 is 15.0 Å². The molecular formula is C36H38MgN5O6-. The number of aromatic nitrogens is 2. The van der Waals surface area contributed by atoms with Crippen LogP contribution >= 0.6 is 0 Å². The van der Waals surface area contributed by atoms with Crippen LogP contribution in [-0.2, 0) is 19.1 Å². The van der Waals surface area contributed by atoms with Crippen LogP contribution in [0.15, 0.2) is 40.5 Å². The molecular weight excluding hydrogens is 623 g/mol. The van der Waals surface area contributed by atoms with E-state index in [9.17, 15) is 25.3 Å². The molecule has 0 saturated carbocycles. The van der Waals surface area contributed by atoms with Crippen molar-refractivity contribution >= 4 is 70.7 Å². The molecule has 3 N–H and O–H groups in total. The van der Waals surface area contributed by atoms with Gasteiger partial charge in [-0.3, -0.25) is 14.4 Å². The number of quaternary nitrogens is 1. The van der Waals surface area contributed by atoms with E-state index in [4.69, 9.17) is 24.8 Å². The zero-order chi connectivity index (χ0) is 33.9. The van der Waals surface area contributed by atoms with E-state index < -0.39 is 35.5 Å².